The van der Waals surface area contributed by atoms with E-state index in [2.05, 4.69) is 5.32 Å². The normalized spacial score (nSPS) is 15.8. The number of carbonyl (C=O) groups excluding carboxylic acids is 2. The summed E-state index contributed by atoms with van der Waals surface area (Å²) in [5, 5.41) is 2.92. The number of Topliss-reactive ketones (excluding diaryl/α,β-unsaturated/α-hetero) is 1. The van der Waals surface area contributed by atoms with Gasteiger partial charge in [0.2, 0.25) is 5.91 Å². The first-order valence-corrected chi connectivity index (χ1v) is 6.13. The maximum absolute atomic E-state index is 11.8. The fourth-order valence-electron chi connectivity index (χ4n) is 2.22. The van der Waals surface area contributed by atoms with E-state index < -0.39 is 0 Å². The fourth-order valence-corrected chi connectivity index (χ4v) is 2.22. The third-order valence-corrected chi connectivity index (χ3v) is 3.14. The summed E-state index contributed by atoms with van der Waals surface area (Å²) in [4.78, 5) is 23.4. The first-order chi connectivity index (χ1) is 8.25. The first kappa shape index (κ1) is 11.8. The predicted molar refractivity (Wildman–Crippen MR) is 65.8 cm³/mol. The van der Waals surface area contributed by atoms with Crippen LogP contribution in [-0.4, -0.2) is 17.7 Å². The number of rotatable bonds is 4. The van der Waals surface area contributed by atoms with Crippen LogP contribution in [0.25, 0.3) is 0 Å². The molecule has 0 aromatic heterocycles. The Labute approximate surface area is 101 Å². The molecule has 0 atom stereocenters. The summed E-state index contributed by atoms with van der Waals surface area (Å²) in [5.41, 5.74) is 0.606. The van der Waals surface area contributed by atoms with Gasteiger partial charge in [0.1, 0.15) is 0 Å². The van der Waals surface area contributed by atoms with Gasteiger partial charge in [-0.2, -0.15) is 0 Å². The Bertz CT molecular complexity index is 394. The van der Waals surface area contributed by atoms with Crippen LogP contribution < -0.4 is 5.32 Å². The molecule has 1 aromatic carbocycles. The second kappa shape index (κ2) is 5.62. The molecule has 0 spiro atoms. The number of ketones is 1. The first-order valence-electron chi connectivity index (χ1n) is 6.13. The summed E-state index contributed by atoms with van der Waals surface area (Å²) in [6.45, 7) is 0. The topological polar surface area (TPSA) is 46.2 Å². The molecule has 3 nitrogen and oxygen atoms in total. The molecule has 0 radical (unpaired) electrons. The van der Waals surface area contributed by atoms with Crippen molar-refractivity contribution in [2.75, 3.05) is 0 Å². The number of nitrogens with one attached hydrogen (secondary N) is 1. The Morgan fingerprint density at radius 1 is 1.12 bits per heavy atom. The van der Waals surface area contributed by atoms with Crippen LogP contribution >= 0.6 is 0 Å². The van der Waals surface area contributed by atoms with Crippen LogP contribution in [0.15, 0.2) is 30.3 Å². The smallest absolute Gasteiger partial charge is 0.228 e. The van der Waals surface area contributed by atoms with Gasteiger partial charge in [0.15, 0.2) is 5.78 Å². The highest BCUT2D eigenvalue weighted by molar-refractivity contribution is 6.07. The SMILES string of the molecule is O=C(CC(=O)c1ccccc1)NC1CCCC1. The number of amides is 1. The Morgan fingerprint density at radius 2 is 1.76 bits per heavy atom. The summed E-state index contributed by atoms with van der Waals surface area (Å²) < 4.78 is 0. The average Bonchev–Trinajstić information content (AvgIpc) is 2.82. The third kappa shape index (κ3) is 3.41. The summed E-state index contributed by atoms with van der Waals surface area (Å²) in [7, 11) is 0. The second-order valence-corrected chi connectivity index (χ2v) is 4.51. The van der Waals surface area contributed by atoms with Crippen molar-refractivity contribution in [3.8, 4) is 0 Å². The molecular weight excluding hydrogens is 214 g/mol. The number of hydrogen-bond donors (Lipinski definition) is 1. The van der Waals surface area contributed by atoms with E-state index in [1.165, 1.54) is 12.8 Å². The number of carbonyl (C=O) groups is 2. The highest BCUT2D eigenvalue weighted by atomic mass is 16.2. The molecule has 1 saturated carbocycles. The summed E-state index contributed by atoms with van der Waals surface area (Å²) >= 11 is 0. The minimum atomic E-state index is -0.147. The lowest BCUT2D eigenvalue weighted by Crippen LogP contribution is -2.33. The van der Waals surface area contributed by atoms with Crippen LogP contribution in [0.1, 0.15) is 42.5 Å². The molecule has 1 aliphatic carbocycles. The number of hydrogen-bond acceptors (Lipinski definition) is 2. The average molecular weight is 231 g/mol. The van der Waals surface area contributed by atoms with E-state index in [4.69, 9.17) is 0 Å². The zero-order chi connectivity index (χ0) is 12.1. The third-order valence-electron chi connectivity index (χ3n) is 3.14. The van der Waals surface area contributed by atoms with E-state index >= 15 is 0 Å². The van der Waals surface area contributed by atoms with Gasteiger partial charge >= 0.3 is 0 Å². The van der Waals surface area contributed by atoms with Gasteiger partial charge in [-0.25, -0.2) is 0 Å². The molecule has 3 heteroatoms. The molecule has 0 bridgehead atoms. The van der Waals surface area contributed by atoms with Crippen LogP contribution in [0.4, 0.5) is 0 Å². The van der Waals surface area contributed by atoms with Crippen molar-refractivity contribution in [3.05, 3.63) is 35.9 Å². The number of benzene rings is 1. The summed E-state index contributed by atoms with van der Waals surface area (Å²) in [5.74, 6) is -0.258. The van der Waals surface area contributed by atoms with Gasteiger partial charge in [0.25, 0.3) is 0 Å². The van der Waals surface area contributed by atoms with E-state index in [0.717, 1.165) is 12.8 Å². The fraction of sp³-hybridized carbons (Fsp3) is 0.429. The molecule has 1 N–H and O–H groups in total. The lowest BCUT2D eigenvalue weighted by Gasteiger charge is -2.11. The molecule has 1 fully saturated rings. The van der Waals surface area contributed by atoms with Gasteiger partial charge < -0.3 is 5.32 Å². The molecule has 1 amide bonds. The van der Waals surface area contributed by atoms with Crippen LogP contribution in [0.3, 0.4) is 0 Å². The lowest BCUT2D eigenvalue weighted by atomic mass is 10.1. The minimum Gasteiger partial charge on any atom is -0.353 e. The van der Waals surface area contributed by atoms with E-state index in [9.17, 15) is 9.59 Å². The molecule has 0 unspecified atom stereocenters. The molecule has 0 heterocycles. The molecule has 2 rings (SSSR count). The van der Waals surface area contributed by atoms with Crippen LogP contribution in [0, 0.1) is 0 Å². The van der Waals surface area contributed by atoms with Gasteiger partial charge in [0, 0.05) is 11.6 Å². The van der Waals surface area contributed by atoms with E-state index in [-0.39, 0.29) is 24.2 Å². The van der Waals surface area contributed by atoms with E-state index in [1.54, 1.807) is 12.1 Å². The predicted octanol–water partition coefficient (Wildman–Crippen LogP) is 2.32. The van der Waals surface area contributed by atoms with Crippen LogP contribution in [-0.2, 0) is 4.79 Å². The van der Waals surface area contributed by atoms with Gasteiger partial charge in [-0.1, -0.05) is 43.2 Å². The maximum atomic E-state index is 11.8. The Morgan fingerprint density at radius 3 is 2.41 bits per heavy atom. The highest BCUT2D eigenvalue weighted by Gasteiger charge is 2.18. The van der Waals surface area contributed by atoms with Crippen LogP contribution in [0.5, 0.6) is 0 Å². The maximum Gasteiger partial charge on any atom is 0.228 e. The molecule has 1 aromatic rings. The highest BCUT2D eigenvalue weighted by Crippen LogP contribution is 2.17. The molecule has 0 aliphatic heterocycles. The van der Waals surface area contributed by atoms with Gasteiger partial charge in [-0.3, -0.25) is 9.59 Å². The van der Waals surface area contributed by atoms with Crippen molar-refractivity contribution in [3.63, 3.8) is 0 Å². The zero-order valence-electron chi connectivity index (χ0n) is 9.82. The van der Waals surface area contributed by atoms with Crippen molar-refractivity contribution in [2.24, 2.45) is 0 Å². The van der Waals surface area contributed by atoms with Gasteiger partial charge in [0.05, 0.1) is 6.42 Å². The van der Waals surface area contributed by atoms with Crippen molar-refractivity contribution < 1.29 is 9.59 Å². The summed E-state index contributed by atoms with van der Waals surface area (Å²) in [6.07, 6.45) is 4.41. The van der Waals surface area contributed by atoms with Gasteiger partial charge in [-0.05, 0) is 12.8 Å². The van der Waals surface area contributed by atoms with E-state index in [1.807, 2.05) is 18.2 Å². The van der Waals surface area contributed by atoms with Crippen molar-refractivity contribution in [1.29, 1.82) is 0 Å². The molecule has 17 heavy (non-hydrogen) atoms. The molecule has 0 saturated heterocycles. The van der Waals surface area contributed by atoms with Gasteiger partial charge in [-0.15, -0.1) is 0 Å². The molecule has 1 aliphatic rings. The lowest BCUT2D eigenvalue weighted by molar-refractivity contribution is -0.120. The second-order valence-electron chi connectivity index (χ2n) is 4.51. The Hall–Kier alpha value is -1.64. The quantitative estimate of drug-likeness (QED) is 0.638. The zero-order valence-corrected chi connectivity index (χ0v) is 9.82. The largest absolute Gasteiger partial charge is 0.353 e. The van der Waals surface area contributed by atoms with Crippen molar-refractivity contribution >= 4 is 11.7 Å². The molecule has 90 valence electrons. The molecular formula is C14H17NO2. The monoisotopic (exact) mass is 231 g/mol. The Balaban J connectivity index is 1.84. The van der Waals surface area contributed by atoms with Crippen molar-refractivity contribution in [1.82, 2.24) is 5.32 Å². The van der Waals surface area contributed by atoms with Crippen LogP contribution in [0.2, 0.25) is 0 Å². The Kier molecular flexibility index (Phi) is 3.91. The standard InChI is InChI=1S/C14H17NO2/c16-13(11-6-2-1-3-7-11)10-14(17)15-12-8-4-5-9-12/h1-3,6-7,12H,4-5,8-10H2,(H,15,17). The summed E-state index contributed by atoms with van der Waals surface area (Å²) in [6, 6.07) is 9.24. The van der Waals surface area contributed by atoms with Crippen molar-refractivity contribution in [2.45, 2.75) is 38.1 Å². The van der Waals surface area contributed by atoms with E-state index in [0.29, 0.717) is 5.56 Å². The minimum absolute atomic E-state index is 0.0412.